The van der Waals surface area contributed by atoms with E-state index in [9.17, 15) is 9.59 Å². The van der Waals surface area contributed by atoms with E-state index in [1.54, 1.807) is 19.9 Å². The van der Waals surface area contributed by atoms with Crippen molar-refractivity contribution in [2.45, 2.75) is 33.2 Å². The number of urea groups is 1. The molecule has 0 saturated heterocycles. The van der Waals surface area contributed by atoms with Crippen LogP contribution in [0.2, 0.25) is 0 Å². The van der Waals surface area contributed by atoms with Crippen molar-refractivity contribution in [2.75, 3.05) is 5.32 Å². The van der Waals surface area contributed by atoms with Gasteiger partial charge in [0, 0.05) is 11.7 Å². The van der Waals surface area contributed by atoms with Crippen LogP contribution in [0.25, 0.3) is 0 Å². The standard InChI is InChI=1S/C14H20N2O3/c1-4-11-6-5-7-12(8-11)16-14(19)15-10(3)9(2)13(17)18/h5-10H,4H2,1-3H3,(H,17,18)(H2,15,16,19). The van der Waals surface area contributed by atoms with Gasteiger partial charge in [0.05, 0.1) is 5.92 Å². The summed E-state index contributed by atoms with van der Waals surface area (Å²) in [6.45, 7) is 5.27. The number of benzene rings is 1. The lowest BCUT2D eigenvalue weighted by atomic mass is 10.0. The normalized spacial score (nSPS) is 13.4. The molecule has 1 aromatic rings. The summed E-state index contributed by atoms with van der Waals surface area (Å²) in [6.07, 6.45) is 0.892. The topological polar surface area (TPSA) is 78.4 Å². The van der Waals surface area contributed by atoms with Crippen LogP contribution < -0.4 is 10.6 Å². The van der Waals surface area contributed by atoms with Crippen LogP contribution in [0.1, 0.15) is 26.3 Å². The van der Waals surface area contributed by atoms with Crippen LogP contribution in [0.3, 0.4) is 0 Å². The van der Waals surface area contributed by atoms with Crippen LogP contribution in [0.15, 0.2) is 24.3 Å². The highest BCUT2D eigenvalue weighted by molar-refractivity contribution is 5.89. The highest BCUT2D eigenvalue weighted by Crippen LogP contribution is 2.11. The average Bonchev–Trinajstić information content (AvgIpc) is 2.37. The zero-order valence-electron chi connectivity index (χ0n) is 11.4. The fourth-order valence-corrected chi connectivity index (χ4v) is 1.58. The SMILES string of the molecule is CCc1cccc(NC(=O)NC(C)C(C)C(=O)O)c1. The van der Waals surface area contributed by atoms with Gasteiger partial charge in [0.15, 0.2) is 0 Å². The van der Waals surface area contributed by atoms with Crippen molar-refractivity contribution in [3.05, 3.63) is 29.8 Å². The van der Waals surface area contributed by atoms with Crippen LogP contribution in [-0.2, 0) is 11.2 Å². The lowest BCUT2D eigenvalue weighted by molar-refractivity contribution is -0.141. The fourth-order valence-electron chi connectivity index (χ4n) is 1.58. The van der Waals surface area contributed by atoms with E-state index in [-0.39, 0.29) is 0 Å². The number of carboxylic acids is 1. The number of anilines is 1. The second-order valence-corrected chi connectivity index (χ2v) is 4.57. The summed E-state index contributed by atoms with van der Waals surface area (Å²) < 4.78 is 0. The molecule has 0 saturated carbocycles. The first kappa shape index (κ1) is 15.0. The Labute approximate surface area is 113 Å². The molecular formula is C14H20N2O3. The number of nitrogens with one attached hydrogen (secondary N) is 2. The number of carbonyl (C=O) groups excluding carboxylic acids is 1. The van der Waals surface area contributed by atoms with Crippen LogP contribution in [0.5, 0.6) is 0 Å². The van der Waals surface area contributed by atoms with Crippen molar-refractivity contribution in [3.8, 4) is 0 Å². The largest absolute Gasteiger partial charge is 0.481 e. The Morgan fingerprint density at radius 3 is 2.58 bits per heavy atom. The number of hydrogen-bond acceptors (Lipinski definition) is 2. The number of carboxylic acid groups (broad SMARTS) is 1. The smallest absolute Gasteiger partial charge is 0.319 e. The lowest BCUT2D eigenvalue weighted by Crippen LogP contribution is -2.42. The van der Waals surface area contributed by atoms with Crippen molar-refractivity contribution in [1.82, 2.24) is 5.32 Å². The molecule has 5 nitrogen and oxygen atoms in total. The number of amides is 2. The molecule has 2 amide bonds. The molecule has 0 fully saturated rings. The molecule has 104 valence electrons. The van der Waals surface area contributed by atoms with Gasteiger partial charge in [-0.2, -0.15) is 0 Å². The van der Waals surface area contributed by atoms with E-state index in [2.05, 4.69) is 10.6 Å². The highest BCUT2D eigenvalue weighted by atomic mass is 16.4. The molecule has 1 aromatic carbocycles. The van der Waals surface area contributed by atoms with Crippen molar-refractivity contribution in [1.29, 1.82) is 0 Å². The Bertz CT molecular complexity index is 460. The molecule has 0 spiro atoms. The summed E-state index contributed by atoms with van der Waals surface area (Å²) in [5, 5.41) is 14.2. The van der Waals surface area contributed by atoms with Crippen LogP contribution in [0.4, 0.5) is 10.5 Å². The Hall–Kier alpha value is -2.04. The van der Waals surface area contributed by atoms with E-state index in [1.807, 2.05) is 25.1 Å². The molecule has 2 unspecified atom stereocenters. The number of aryl methyl sites for hydroxylation is 1. The van der Waals surface area contributed by atoms with E-state index in [0.717, 1.165) is 12.0 Å². The van der Waals surface area contributed by atoms with E-state index in [4.69, 9.17) is 5.11 Å². The minimum absolute atomic E-state index is 0.395. The fraction of sp³-hybridized carbons (Fsp3) is 0.429. The third kappa shape index (κ3) is 4.62. The lowest BCUT2D eigenvalue weighted by Gasteiger charge is -2.18. The van der Waals surface area contributed by atoms with Crippen molar-refractivity contribution in [2.24, 2.45) is 5.92 Å². The third-order valence-electron chi connectivity index (χ3n) is 3.09. The van der Waals surface area contributed by atoms with Gasteiger partial charge in [0.1, 0.15) is 0 Å². The molecule has 0 heterocycles. The molecule has 0 aliphatic carbocycles. The molecule has 5 heteroatoms. The number of carbonyl (C=O) groups is 2. The second-order valence-electron chi connectivity index (χ2n) is 4.57. The molecule has 0 radical (unpaired) electrons. The van der Waals surface area contributed by atoms with Crippen molar-refractivity contribution >= 4 is 17.7 Å². The molecule has 1 rings (SSSR count). The predicted molar refractivity (Wildman–Crippen MR) is 74.2 cm³/mol. The number of aliphatic carboxylic acids is 1. The summed E-state index contributed by atoms with van der Waals surface area (Å²) >= 11 is 0. The summed E-state index contributed by atoms with van der Waals surface area (Å²) in [5.41, 5.74) is 1.83. The monoisotopic (exact) mass is 264 g/mol. The van der Waals surface area contributed by atoms with Gasteiger partial charge in [-0.3, -0.25) is 4.79 Å². The first-order valence-electron chi connectivity index (χ1n) is 6.33. The van der Waals surface area contributed by atoms with E-state index < -0.39 is 24.0 Å². The summed E-state index contributed by atoms with van der Waals surface area (Å²) in [5.74, 6) is -1.56. The van der Waals surface area contributed by atoms with Gasteiger partial charge in [-0.15, -0.1) is 0 Å². The van der Waals surface area contributed by atoms with E-state index in [1.165, 1.54) is 0 Å². The van der Waals surface area contributed by atoms with Gasteiger partial charge < -0.3 is 15.7 Å². The summed E-state index contributed by atoms with van der Waals surface area (Å²) in [4.78, 5) is 22.5. The first-order valence-corrected chi connectivity index (χ1v) is 6.33. The molecule has 0 aromatic heterocycles. The van der Waals surface area contributed by atoms with Gasteiger partial charge in [-0.25, -0.2) is 4.79 Å². The van der Waals surface area contributed by atoms with Gasteiger partial charge in [0.2, 0.25) is 0 Å². The van der Waals surface area contributed by atoms with Crippen LogP contribution in [-0.4, -0.2) is 23.1 Å². The zero-order chi connectivity index (χ0) is 14.4. The van der Waals surface area contributed by atoms with Gasteiger partial charge in [-0.05, 0) is 38.0 Å². The number of hydrogen-bond donors (Lipinski definition) is 3. The van der Waals surface area contributed by atoms with Crippen LogP contribution in [0, 0.1) is 5.92 Å². The molecule has 0 bridgehead atoms. The maximum absolute atomic E-state index is 11.7. The Balaban J connectivity index is 2.57. The van der Waals surface area contributed by atoms with E-state index in [0.29, 0.717) is 5.69 Å². The van der Waals surface area contributed by atoms with Crippen molar-refractivity contribution < 1.29 is 14.7 Å². The summed E-state index contributed by atoms with van der Waals surface area (Å²) in [7, 11) is 0. The average molecular weight is 264 g/mol. The van der Waals surface area contributed by atoms with Gasteiger partial charge >= 0.3 is 12.0 Å². The van der Waals surface area contributed by atoms with Gasteiger partial charge in [0.25, 0.3) is 0 Å². The second kappa shape index (κ2) is 6.78. The predicted octanol–water partition coefficient (Wildman–Crippen LogP) is 2.48. The Kier molecular flexibility index (Phi) is 5.36. The molecule has 2 atom stereocenters. The highest BCUT2D eigenvalue weighted by Gasteiger charge is 2.20. The summed E-state index contributed by atoms with van der Waals surface area (Å²) in [6, 6.07) is 6.71. The maximum Gasteiger partial charge on any atom is 0.319 e. The van der Waals surface area contributed by atoms with Gasteiger partial charge in [-0.1, -0.05) is 19.1 Å². The van der Waals surface area contributed by atoms with Crippen molar-refractivity contribution in [3.63, 3.8) is 0 Å². The first-order chi connectivity index (χ1) is 8.93. The maximum atomic E-state index is 11.7. The van der Waals surface area contributed by atoms with E-state index >= 15 is 0 Å². The minimum atomic E-state index is -0.930. The molecule has 0 aliphatic heterocycles. The quantitative estimate of drug-likeness (QED) is 0.764. The third-order valence-corrected chi connectivity index (χ3v) is 3.09. The van der Waals surface area contributed by atoms with Crippen LogP contribution >= 0.6 is 0 Å². The molecule has 3 N–H and O–H groups in total. The Morgan fingerprint density at radius 1 is 1.32 bits per heavy atom. The molecular weight excluding hydrogens is 244 g/mol. The zero-order valence-corrected chi connectivity index (χ0v) is 11.4. The number of rotatable bonds is 5. The molecule has 19 heavy (non-hydrogen) atoms. The minimum Gasteiger partial charge on any atom is -0.481 e. The Morgan fingerprint density at radius 2 is 2.00 bits per heavy atom. The molecule has 0 aliphatic rings.